The van der Waals surface area contributed by atoms with Crippen LogP contribution < -0.4 is 5.32 Å². The Bertz CT molecular complexity index is 199. The summed E-state index contributed by atoms with van der Waals surface area (Å²) in [7, 11) is 0. The normalized spacial score (nSPS) is 22.2. The Morgan fingerprint density at radius 1 is 1.62 bits per heavy atom. The molecule has 0 amide bonds. The number of nitrogens with one attached hydrogen (secondary N) is 1. The molecule has 0 radical (unpaired) electrons. The summed E-state index contributed by atoms with van der Waals surface area (Å²) in [5.41, 5.74) is 0. The summed E-state index contributed by atoms with van der Waals surface area (Å²) in [6, 6.07) is 0. The van der Waals surface area contributed by atoms with Gasteiger partial charge < -0.3 is 5.32 Å². The summed E-state index contributed by atoms with van der Waals surface area (Å²) in [6.45, 7) is 2.11. The molecule has 2 heteroatoms. The predicted octanol–water partition coefficient (Wildman–Crippen LogP) is 1.36. The molecule has 0 aromatic rings. The standard InChI is InChI=1S/C11H17NO/c1-2-3-6-11(13)8-10-5-4-7-12-9-10/h1,10,12H,3-9H2. The lowest BCUT2D eigenvalue weighted by Gasteiger charge is -2.21. The highest BCUT2D eigenvalue weighted by Crippen LogP contribution is 2.15. The molecule has 0 bridgehead atoms. The van der Waals surface area contributed by atoms with Crippen LogP contribution in [0.1, 0.15) is 32.1 Å². The Morgan fingerprint density at radius 2 is 2.46 bits per heavy atom. The maximum Gasteiger partial charge on any atom is 0.134 e. The molecule has 1 aliphatic rings. The van der Waals surface area contributed by atoms with Gasteiger partial charge in [-0.2, -0.15) is 0 Å². The molecule has 0 spiro atoms. The molecule has 1 rings (SSSR count). The van der Waals surface area contributed by atoms with Gasteiger partial charge in [0.05, 0.1) is 0 Å². The third-order valence-electron chi connectivity index (χ3n) is 2.46. The van der Waals surface area contributed by atoms with Gasteiger partial charge in [0, 0.05) is 19.3 Å². The van der Waals surface area contributed by atoms with Gasteiger partial charge in [0.15, 0.2) is 0 Å². The quantitative estimate of drug-likeness (QED) is 0.660. The van der Waals surface area contributed by atoms with E-state index in [1.807, 2.05) is 0 Å². The summed E-state index contributed by atoms with van der Waals surface area (Å²) in [5.74, 6) is 3.38. The molecule has 0 saturated carbocycles. The molecular formula is C11H17NO. The summed E-state index contributed by atoms with van der Waals surface area (Å²) in [5, 5.41) is 3.30. The molecule has 1 N–H and O–H groups in total. The molecule has 1 aliphatic heterocycles. The number of terminal acetylenes is 1. The molecule has 0 aliphatic carbocycles. The van der Waals surface area contributed by atoms with E-state index in [0.717, 1.165) is 13.1 Å². The number of piperidine rings is 1. The SMILES string of the molecule is C#CCCC(=O)CC1CCCNC1. The zero-order valence-corrected chi connectivity index (χ0v) is 8.01. The van der Waals surface area contributed by atoms with Crippen molar-refractivity contribution in [2.24, 2.45) is 5.92 Å². The van der Waals surface area contributed by atoms with E-state index in [1.54, 1.807) is 0 Å². The van der Waals surface area contributed by atoms with Gasteiger partial charge >= 0.3 is 0 Å². The number of carbonyl (C=O) groups is 1. The van der Waals surface area contributed by atoms with Crippen molar-refractivity contribution in [3.05, 3.63) is 0 Å². The number of hydrogen-bond donors (Lipinski definition) is 1. The Kier molecular flexibility index (Phi) is 4.56. The molecule has 72 valence electrons. The molecule has 0 aromatic carbocycles. The highest BCUT2D eigenvalue weighted by atomic mass is 16.1. The predicted molar refractivity (Wildman–Crippen MR) is 53.3 cm³/mol. The number of Topliss-reactive ketones (excluding diaryl/α,β-unsaturated/α-hetero) is 1. The highest BCUT2D eigenvalue weighted by molar-refractivity contribution is 5.78. The fourth-order valence-corrected chi connectivity index (χ4v) is 1.73. The average molecular weight is 179 g/mol. The Labute approximate surface area is 80.1 Å². The summed E-state index contributed by atoms with van der Waals surface area (Å²) < 4.78 is 0. The molecule has 13 heavy (non-hydrogen) atoms. The summed E-state index contributed by atoms with van der Waals surface area (Å²) >= 11 is 0. The molecule has 1 fully saturated rings. The van der Waals surface area contributed by atoms with Crippen LogP contribution in [-0.2, 0) is 4.79 Å². The number of carbonyl (C=O) groups excluding carboxylic acids is 1. The molecule has 1 heterocycles. The summed E-state index contributed by atoms with van der Waals surface area (Å²) in [4.78, 5) is 11.3. The first kappa shape index (κ1) is 10.3. The fraction of sp³-hybridized carbons (Fsp3) is 0.727. The van der Waals surface area contributed by atoms with Crippen LogP contribution in [0, 0.1) is 18.3 Å². The Balaban J connectivity index is 2.15. The van der Waals surface area contributed by atoms with E-state index in [-0.39, 0.29) is 0 Å². The van der Waals surface area contributed by atoms with Crippen LogP contribution in [-0.4, -0.2) is 18.9 Å². The molecule has 0 aromatic heterocycles. The van der Waals surface area contributed by atoms with Crippen molar-refractivity contribution in [2.75, 3.05) is 13.1 Å². The van der Waals surface area contributed by atoms with Crippen molar-refractivity contribution in [2.45, 2.75) is 32.1 Å². The molecular weight excluding hydrogens is 162 g/mol. The third-order valence-corrected chi connectivity index (χ3v) is 2.46. The molecule has 1 saturated heterocycles. The van der Waals surface area contributed by atoms with E-state index in [4.69, 9.17) is 6.42 Å². The van der Waals surface area contributed by atoms with E-state index >= 15 is 0 Å². The van der Waals surface area contributed by atoms with Crippen molar-refractivity contribution in [1.29, 1.82) is 0 Å². The van der Waals surface area contributed by atoms with Gasteiger partial charge in [-0.15, -0.1) is 12.3 Å². The first-order valence-electron chi connectivity index (χ1n) is 4.99. The van der Waals surface area contributed by atoms with E-state index < -0.39 is 0 Å². The van der Waals surface area contributed by atoms with Crippen molar-refractivity contribution in [3.63, 3.8) is 0 Å². The lowest BCUT2D eigenvalue weighted by molar-refractivity contribution is -0.120. The number of ketones is 1. The maximum atomic E-state index is 11.3. The highest BCUT2D eigenvalue weighted by Gasteiger charge is 2.15. The zero-order valence-electron chi connectivity index (χ0n) is 8.01. The van der Waals surface area contributed by atoms with E-state index in [9.17, 15) is 4.79 Å². The second-order valence-electron chi connectivity index (χ2n) is 3.66. The second-order valence-corrected chi connectivity index (χ2v) is 3.66. The van der Waals surface area contributed by atoms with Crippen LogP contribution >= 0.6 is 0 Å². The van der Waals surface area contributed by atoms with E-state index in [1.165, 1.54) is 12.8 Å². The lowest BCUT2D eigenvalue weighted by atomic mass is 9.93. The lowest BCUT2D eigenvalue weighted by Crippen LogP contribution is -2.31. The van der Waals surface area contributed by atoms with Gasteiger partial charge in [0.25, 0.3) is 0 Å². The van der Waals surface area contributed by atoms with Crippen molar-refractivity contribution < 1.29 is 4.79 Å². The fourth-order valence-electron chi connectivity index (χ4n) is 1.73. The van der Waals surface area contributed by atoms with Crippen LogP contribution in [0.5, 0.6) is 0 Å². The largest absolute Gasteiger partial charge is 0.316 e. The van der Waals surface area contributed by atoms with Crippen molar-refractivity contribution in [3.8, 4) is 12.3 Å². The zero-order chi connectivity index (χ0) is 9.52. The first-order chi connectivity index (χ1) is 6.33. The van der Waals surface area contributed by atoms with Crippen LogP contribution in [0.4, 0.5) is 0 Å². The van der Waals surface area contributed by atoms with Gasteiger partial charge in [-0.1, -0.05) is 0 Å². The van der Waals surface area contributed by atoms with E-state index in [2.05, 4.69) is 11.2 Å². The minimum absolute atomic E-state index is 0.326. The van der Waals surface area contributed by atoms with Crippen LogP contribution in [0.25, 0.3) is 0 Å². The van der Waals surface area contributed by atoms with Crippen molar-refractivity contribution >= 4 is 5.78 Å². The second kappa shape index (κ2) is 5.77. The van der Waals surface area contributed by atoms with Gasteiger partial charge in [-0.25, -0.2) is 0 Å². The minimum Gasteiger partial charge on any atom is -0.316 e. The molecule has 2 nitrogen and oxygen atoms in total. The Hall–Kier alpha value is -0.810. The van der Waals surface area contributed by atoms with Gasteiger partial charge in [-0.05, 0) is 31.8 Å². The van der Waals surface area contributed by atoms with Gasteiger partial charge in [0.2, 0.25) is 0 Å². The maximum absolute atomic E-state index is 11.3. The third kappa shape index (κ3) is 4.10. The topological polar surface area (TPSA) is 29.1 Å². The Morgan fingerprint density at radius 3 is 3.08 bits per heavy atom. The first-order valence-corrected chi connectivity index (χ1v) is 4.99. The van der Waals surface area contributed by atoms with Crippen LogP contribution in [0.3, 0.4) is 0 Å². The van der Waals surface area contributed by atoms with Crippen molar-refractivity contribution in [1.82, 2.24) is 5.32 Å². The molecule has 1 atom stereocenters. The average Bonchev–Trinajstić information content (AvgIpc) is 2.16. The summed E-state index contributed by atoms with van der Waals surface area (Å²) in [6.07, 6.45) is 9.36. The number of hydrogen-bond acceptors (Lipinski definition) is 2. The van der Waals surface area contributed by atoms with Crippen LogP contribution in [0.2, 0.25) is 0 Å². The van der Waals surface area contributed by atoms with Gasteiger partial charge in [0.1, 0.15) is 5.78 Å². The minimum atomic E-state index is 0.326. The van der Waals surface area contributed by atoms with Gasteiger partial charge in [-0.3, -0.25) is 4.79 Å². The smallest absolute Gasteiger partial charge is 0.134 e. The molecule has 1 unspecified atom stereocenters. The van der Waals surface area contributed by atoms with E-state index in [0.29, 0.717) is 31.0 Å². The number of rotatable bonds is 4. The monoisotopic (exact) mass is 179 g/mol. The van der Waals surface area contributed by atoms with Crippen LogP contribution in [0.15, 0.2) is 0 Å².